The Morgan fingerprint density at radius 2 is 2.08 bits per heavy atom. The Morgan fingerprint density at radius 3 is 2.81 bits per heavy atom. The summed E-state index contributed by atoms with van der Waals surface area (Å²) >= 11 is 0. The highest BCUT2D eigenvalue weighted by Gasteiger charge is 2.17. The molecule has 0 saturated carbocycles. The fraction of sp³-hybridized carbons (Fsp3) is 0.368. The van der Waals surface area contributed by atoms with Gasteiger partial charge in [-0.3, -0.25) is 0 Å². The second-order valence-corrected chi connectivity index (χ2v) is 6.14. The van der Waals surface area contributed by atoms with Gasteiger partial charge in [0, 0.05) is 19.3 Å². The molecule has 1 aromatic carbocycles. The van der Waals surface area contributed by atoms with Crippen molar-refractivity contribution >= 4 is 11.7 Å². The number of rotatable bonds is 6. The maximum absolute atomic E-state index is 13.7. The molecule has 0 radical (unpaired) electrons. The molecule has 1 aliphatic heterocycles. The summed E-state index contributed by atoms with van der Waals surface area (Å²) in [5, 5.41) is 3.99. The fourth-order valence-corrected chi connectivity index (χ4v) is 2.98. The SMILES string of the molecule is COc1ccc(CON=C(N)c2cccnc2N2CCCCC2)cc1F. The van der Waals surface area contributed by atoms with Crippen molar-refractivity contribution in [3.8, 4) is 5.75 Å². The van der Waals surface area contributed by atoms with Gasteiger partial charge in [-0.2, -0.15) is 0 Å². The van der Waals surface area contributed by atoms with E-state index in [9.17, 15) is 4.39 Å². The van der Waals surface area contributed by atoms with Crippen LogP contribution in [0.3, 0.4) is 0 Å². The van der Waals surface area contributed by atoms with Crippen LogP contribution in [0.1, 0.15) is 30.4 Å². The predicted octanol–water partition coefficient (Wildman–Crippen LogP) is 3.06. The zero-order chi connectivity index (χ0) is 18.4. The van der Waals surface area contributed by atoms with Gasteiger partial charge >= 0.3 is 0 Å². The monoisotopic (exact) mass is 358 g/mol. The number of benzene rings is 1. The molecule has 0 bridgehead atoms. The number of anilines is 1. The molecule has 6 nitrogen and oxygen atoms in total. The second kappa shape index (κ2) is 8.51. The summed E-state index contributed by atoms with van der Waals surface area (Å²) in [6, 6.07) is 8.33. The summed E-state index contributed by atoms with van der Waals surface area (Å²) in [5.41, 5.74) is 7.49. The van der Waals surface area contributed by atoms with E-state index in [0.29, 0.717) is 5.56 Å². The first-order valence-corrected chi connectivity index (χ1v) is 8.67. The van der Waals surface area contributed by atoms with Crippen molar-refractivity contribution in [3.63, 3.8) is 0 Å². The normalized spacial score (nSPS) is 15.0. The standard InChI is InChI=1S/C19H23FN4O2/c1-25-17-8-7-14(12-16(17)20)13-26-23-18(21)15-6-5-9-22-19(15)24-10-3-2-4-11-24/h5-9,12H,2-4,10-11,13H2,1H3,(H2,21,23). The minimum Gasteiger partial charge on any atom is -0.494 e. The molecule has 0 unspecified atom stereocenters. The fourth-order valence-electron chi connectivity index (χ4n) is 2.98. The van der Waals surface area contributed by atoms with Crippen molar-refractivity contribution in [1.82, 2.24) is 4.98 Å². The molecule has 0 aliphatic carbocycles. The van der Waals surface area contributed by atoms with Gasteiger partial charge in [-0.25, -0.2) is 9.37 Å². The Bertz CT molecular complexity index is 776. The first-order chi connectivity index (χ1) is 12.7. The van der Waals surface area contributed by atoms with Crippen molar-refractivity contribution < 1.29 is 14.0 Å². The van der Waals surface area contributed by atoms with E-state index >= 15 is 0 Å². The lowest BCUT2D eigenvalue weighted by atomic mass is 10.1. The van der Waals surface area contributed by atoms with E-state index in [0.717, 1.165) is 37.3 Å². The number of aromatic nitrogens is 1. The lowest BCUT2D eigenvalue weighted by Crippen LogP contribution is -2.32. The van der Waals surface area contributed by atoms with Gasteiger partial charge in [0.15, 0.2) is 17.4 Å². The van der Waals surface area contributed by atoms with Crippen LogP contribution in [0.4, 0.5) is 10.2 Å². The maximum atomic E-state index is 13.7. The van der Waals surface area contributed by atoms with Crippen LogP contribution in [-0.4, -0.2) is 31.0 Å². The predicted molar refractivity (Wildman–Crippen MR) is 98.8 cm³/mol. The molecule has 26 heavy (non-hydrogen) atoms. The Morgan fingerprint density at radius 1 is 1.27 bits per heavy atom. The van der Waals surface area contributed by atoms with Crippen LogP contribution in [0.15, 0.2) is 41.7 Å². The highest BCUT2D eigenvalue weighted by atomic mass is 19.1. The van der Waals surface area contributed by atoms with Crippen LogP contribution < -0.4 is 15.4 Å². The molecule has 7 heteroatoms. The summed E-state index contributed by atoms with van der Waals surface area (Å²) in [4.78, 5) is 12.0. The Hall–Kier alpha value is -2.83. The summed E-state index contributed by atoms with van der Waals surface area (Å²) in [6.07, 6.45) is 5.28. The van der Waals surface area contributed by atoms with Gasteiger partial charge in [0.05, 0.1) is 12.7 Å². The van der Waals surface area contributed by atoms with E-state index in [-0.39, 0.29) is 18.2 Å². The number of hydrogen-bond acceptors (Lipinski definition) is 5. The molecule has 0 spiro atoms. The van der Waals surface area contributed by atoms with Crippen LogP contribution >= 0.6 is 0 Å². The number of piperidine rings is 1. The average Bonchev–Trinajstić information content (AvgIpc) is 2.69. The number of pyridine rings is 1. The summed E-state index contributed by atoms with van der Waals surface area (Å²) in [5.74, 6) is 0.837. The lowest BCUT2D eigenvalue weighted by Gasteiger charge is -2.29. The molecular formula is C19H23FN4O2. The van der Waals surface area contributed by atoms with E-state index in [1.54, 1.807) is 18.3 Å². The zero-order valence-electron chi connectivity index (χ0n) is 14.8. The van der Waals surface area contributed by atoms with Gasteiger partial charge < -0.3 is 20.2 Å². The number of ether oxygens (including phenoxy) is 1. The molecule has 138 valence electrons. The molecule has 0 atom stereocenters. The minimum absolute atomic E-state index is 0.112. The smallest absolute Gasteiger partial charge is 0.174 e. The summed E-state index contributed by atoms with van der Waals surface area (Å²) in [7, 11) is 1.42. The topological polar surface area (TPSA) is 73.0 Å². The van der Waals surface area contributed by atoms with Gasteiger partial charge in [-0.15, -0.1) is 0 Å². The molecule has 2 aromatic rings. The molecule has 2 heterocycles. The molecule has 2 N–H and O–H groups in total. The number of nitrogens with two attached hydrogens (primary N) is 1. The van der Waals surface area contributed by atoms with Crippen LogP contribution in [0.5, 0.6) is 5.75 Å². The first kappa shape index (κ1) is 18.0. The third kappa shape index (κ3) is 4.22. The van der Waals surface area contributed by atoms with E-state index in [4.69, 9.17) is 15.3 Å². The Balaban J connectivity index is 1.69. The number of oxime groups is 1. The van der Waals surface area contributed by atoms with Crippen LogP contribution in [0.2, 0.25) is 0 Å². The molecule has 1 saturated heterocycles. The quantitative estimate of drug-likeness (QED) is 0.488. The van der Waals surface area contributed by atoms with Crippen molar-refractivity contribution in [1.29, 1.82) is 0 Å². The van der Waals surface area contributed by atoms with Gasteiger partial charge in [0.1, 0.15) is 12.4 Å². The molecule has 1 aromatic heterocycles. The van der Waals surface area contributed by atoms with Gasteiger partial charge in [0.25, 0.3) is 0 Å². The molecule has 0 amide bonds. The number of nitrogens with zero attached hydrogens (tertiary/aromatic N) is 3. The molecule has 1 fully saturated rings. The largest absolute Gasteiger partial charge is 0.494 e. The van der Waals surface area contributed by atoms with E-state index in [2.05, 4.69) is 15.0 Å². The van der Waals surface area contributed by atoms with Gasteiger partial charge in [-0.05, 0) is 49.1 Å². The van der Waals surface area contributed by atoms with Crippen LogP contribution in [-0.2, 0) is 11.4 Å². The number of amidine groups is 1. The molecular weight excluding hydrogens is 335 g/mol. The summed E-state index contributed by atoms with van der Waals surface area (Å²) < 4.78 is 18.6. The first-order valence-electron chi connectivity index (χ1n) is 8.67. The van der Waals surface area contributed by atoms with Crippen LogP contribution in [0.25, 0.3) is 0 Å². The highest BCUT2D eigenvalue weighted by molar-refractivity contribution is 6.01. The number of methoxy groups -OCH3 is 1. The van der Waals surface area contributed by atoms with Gasteiger partial charge in [-0.1, -0.05) is 11.2 Å². The third-order valence-electron chi connectivity index (χ3n) is 4.33. The Labute approximate surface area is 152 Å². The molecule has 1 aliphatic rings. The van der Waals surface area contributed by atoms with Gasteiger partial charge in [0.2, 0.25) is 0 Å². The summed E-state index contributed by atoms with van der Waals surface area (Å²) in [6.45, 7) is 2.04. The molecule has 3 rings (SSSR count). The highest BCUT2D eigenvalue weighted by Crippen LogP contribution is 2.22. The van der Waals surface area contributed by atoms with Crippen molar-refractivity contribution in [3.05, 3.63) is 53.5 Å². The zero-order valence-corrected chi connectivity index (χ0v) is 14.8. The minimum atomic E-state index is -0.440. The van der Waals surface area contributed by atoms with E-state index < -0.39 is 5.82 Å². The van der Waals surface area contributed by atoms with Crippen molar-refractivity contribution in [2.24, 2.45) is 10.9 Å². The number of halogens is 1. The third-order valence-corrected chi connectivity index (χ3v) is 4.33. The average molecular weight is 358 g/mol. The second-order valence-electron chi connectivity index (χ2n) is 6.14. The van der Waals surface area contributed by atoms with E-state index in [1.807, 2.05) is 12.1 Å². The van der Waals surface area contributed by atoms with Crippen molar-refractivity contribution in [2.45, 2.75) is 25.9 Å². The lowest BCUT2D eigenvalue weighted by molar-refractivity contribution is 0.130. The Kier molecular flexibility index (Phi) is 5.88. The van der Waals surface area contributed by atoms with Crippen molar-refractivity contribution in [2.75, 3.05) is 25.1 Å². The maximum Gasteiger partial charge on any atom is 0.174 e. The van der Waals surface area contributed by atoms with Crippen LogP contribution in [0, 0.1) is 5.82 Å². The number of hydrogen-bond donors (Lipinski definition) is 1. The van der Waals surface area contributed by atoms with E-state index in [1.165, 1.54) is 19.6 Å².